The fourth-order valence-electron chi connectivity index (χ4n) is 9.37. The van der Waals surface area contributed by atoms with Gasteiger partial charge in [-0.25, -0.2) is 4.79 Å². The van der Waals surface area contributed by atoms with Gasteiger partial charge in [0, 0.05) is 17.6 Å². The molecular weight excluding hydrogens is 492 g/mol. The molecule has 3 saturated carbocycles. The molecule has 38 heavy (non-hydrogen) atoms. The number of rotatable bonds is 4. The number of fused-ring (bicyclic) bond motifs is 5. The Morgan fingerprint density at radius 3 is 2.53 bits per heavy atom. The van der Waals surface area contributed by atoms with Crippen LogP contribution < -0.4 is 0 Å². The summed E-state index contributed by atoms with van der Waals surface area (Å²) in [5, 5.41) is 51.5. The molecule has 2 aliphatic heterocycles. The summed E-state index contributed by atoms with van der Waals surface area (Å²) in [6, 6.07) is 0. The molecule has 6 rings (SSSR count). The van der Waals surface area contributed by atoms with E-state index in [1.165, 1.54) is 0 Å². The number of carbonyl (C=O) groups excluding carboxylic acids is 1. The monoisotopic (exact) mass is 534 g/mol. The van der Waals surface area contributed by atoms with E-state index in [2.05, 4.69) is 13.8 Å². The van der Waals surface area contributed by atoms with Crippen molar-refractivity contribution in [3.8, 4) is 0 Å². The minimum atomic E-state index is -1.44. The first kappa shape index (κ1) is 26.9. The molecule has 9 heteroatoms. The molecule has 9 nitrogen and oxygen atoms in total. The second kappa shape index (κ2) is 9.65. The highest BCUT2D eigenvalue weighted by atomic mass is 16.7. The van der Waals surface area contributed by atoms with Crippen LogP contribution in [-0.4, -0.2) is 87.6 Å². The predicted molar refractivity (Wildman–Crippen MR) is 134 cm³/mol. The molecule has 13 unspecified atom stereocenters. The van der Waals surface area contributed by atoms with Crippen molar-refractivity contribution < 1.29 is 44.5 Å². The van der Waals surface area contributed by atoms with E-state index in [1.54, 1.807) is 6.08 Å². The number of esters is 1. The van der Waals surface area contributed by atoms with E-state index < -0.39 is 43.4 Å². The number of ether oxygens (including phenoxy) is 3. The van der Waals surface area contributed by atoms with Gasteiger partial charge in [0.2, 0.25) is 0 Å². The number of hydrogen-bond donors (Lipinski definition) is 5. The van der Waals surface area contributed by atoms with E-state index in [0.717, 1.165) is 56.1 Å². The lowest BCUT2D eigenvalue weighted by atomic mass is 9.44. The van der Waals surface area contributed by atoms with E-state index in [0.29, 0.717) is 24.4 Å². The Bertz CT molecular complexity index is 1010. The van der Waals surface area contributed by atoms with Gasteiger partial charge in [0.15, 0.2) is 6.29 Å². The van der Waals surface area contributed by atoms with Crippen LogP contribution in [0.3, 0.4) is 0 Å². The second-order valence-corrected chi connectivity index (χ2v) is 13.1. The average molecular weight is 535 g/mol. The maximum atomic E-state index is 11.8. The third-order valence-corrected chi connectivity index (χ3v) is 11.4. The molecule has 0 aromatic heterocycles. The van der Waals surface area contributed by atoms with E-state index in [4.69, 9.17) is 14.2 Å². The highest BCUT2D eigenvalue weighted by Crippen LogP contribution is 2.67. The average Bonchev–Trinajstić information content (AvgIpc) is 3.44. The standard InChI is InChI=1S/C29H42O9/c1-28-7-5-16(37-27-26(35)25(34)24(33)21(12-30)38-27)10-15(28)3-4-17-18(28)6-8-29(2)19(11-20(31)23(17)29)14-9-22(32)36-13-14/h9,11,15-18,20-21,23-27,30-31,33-35H,3-8,10,12-13H2,1-2H3. The Hall–Kier alpha value is -1.33. The molecule has 2 heterocycles. The van der Waals surface area contributed by atoms with Gasteiger partial charge in [0.1, 0.15) is 31.0 Å². The van der Waals surface area contributed by atoms with E-state index in [1.807, 2.05) is 6.08 Å². The summed E-state index contributed by atoms with van der Waals surface area (Å²) < 4.78 is 17.0. The maximum absolute atomic E-state index is 11.8. The Balaban J connectivity index is 1.15. The van der Waals surface area contributed by atoms with Crippen LogP contribution in [0, 0.1) is 34.5 Å². The van der Waals surface area contributed by atoms with Crippen LogP contribution in [0.25, 0.3) is 0 Å². The highest BCUT2D eigenvalue weighted by Gasteiger charge is 2.61. The van der Waals surface area contributed by atoms with Gasteiger partial charge in [-0.2, -0.15) is 0 Å². The van der Waals surface area contributed by atoms with Crippen molar-refractivity contribution in [1.29, 1.82) is 0 Å². The zero-order valence-corrected chi connectivity index (χ0v) is 22.2. The van der Waals surface area contributed by atoms with Crippen molar-refractivity contribution in [3.05, 3.63) is 23.3 Å². The van der Waals surface area contributed by atoms with Crippen molar-refractivity contribution in [2.24, 2.45) is 34.5 Å². The molecule has 0 radical (unpaired) electrons. The minimum Gasteiger partial charge on any atom is -0.458 e. The molecule has 4 aliphatic carbocycles. The van der Waals surface area contributed by atoms with Gasteiger partial charge in [0.05, 0.1) is 18.8 Å². The number of cyclic esters (lactones) is 1. The number of carbonyl (C=O) groups is 1. The van der Waals surface area contributed by atoms with Crippen LogP contribution in [0.5, 0.6) is 0 Å². The van der Waals surface area contributed by atoms with Crippen molar-refractivity contribution in [1.82, 2.24) is 0 Å². The summed E-state index contributed by atoms with van der Waals surface area (Å²) in [6.07, 6.45) is 3.35. The van der Waals surface area contributed by atoms with Crippen LogP contribution in [0.15, 0.2) is 23.3 Å². The van der Waals surface area contributed by atoms with Crippen molar-refractivity contribution in [2.75, 3.05) is 13.2 Å². The first-order valence-electron chi connectivity index (χ1n) is 14.3. The van der Waals surface area contributed by atoms with Crippen molar-refractivity contribution >= 4 is 5.97 Å². The van der Waals surface area contributed by atoms with E-state index in [-0.39, 0.29) is 28.8 Å². The fraction of sp³-hybridized carbons (Fsp3) is 0.828. The Labute approximate surface area is 223 Å². The highest BCUT2D eigenvalue weighted by molar-refractivity contribution is 5.86. The lowest BCUT2D eigenvalue weighted by Gasteiger charge is -2.61. The van der Waals surface area contributed by atoms with Gasteiger partial charge in [-0.05, 0) is 79.1 Å². The zero-order valence-electron chi connectivity index (χ0n) is 22.2. The summed E-state index contributed by atoms with van der Waals surface area (Å²) in [5.41, 5.74) is 1.98. The third-order valence-electron chi connectivity index (χ3n) is 11.4. The number of aliphatic hydroxyl groups excluding tert-OH is 5. The molecule has 0 spiro atoms. The molecule has 0 aromatic rings. The molecule has 0 amide bonds. The Morgan fingerprint density at radius 2 is 1.82 bits per heavy atom. The Kier molecular flexibility index (Phi) is 6.82. The number of hydrogen-bond acceptors (Lipinski definition) is 9. The minimum absolute atomic E-state index is 0.119. The molecule has 212 valence electrons. The van der Waals surface area contributed by atoms with Gasteiger partial charge >= 0.3 is 5.97 Å². The normalized spacial score (nSPS) is 52.4. The predicted octanol–water partition coefficient (Wildman–Crippen LogP) is 1.20. The topological polar surface area (TPSA) is 146 Å². The molecule has 13 atom stereocenters. The van der Waals surface area contributed by atoms with Crippen LogP contribution in [0.4, 0.5) is 0 Å². The van der Waals surface area contributed by atoms with Crippen LogP contribution in [0.1, 0.15) is 58.8 Å². The second-order valence-electron chi connectivity index (χ2n) is 13.1. The lowest BCUT2D eigenvalue weighted by Crippen LogP contribution is -2.60. The lowest BCUT2D eigenvalue weighted by molar-refractivity contribution is -0.316. The van der Waals surface area contributed by atoms with E-state index in [9.17, 15) is 30.3 Å². The molecule has 6 aliphatic rings. The van der Waals surface area contributed by atoms with Crippen LogP contribution >= 0.6 is 0 Å². The SMILES string of the molecule is CC12CCC3C(CCC4CC(OC5OC(CO)C(O)C(O)C5O)CCC43C)C1C(O)C=C2C1=CC(=O)OC1. The van der Waals surface area contributed by atoms with Crippen LogP contribution in [0.2, 0.25) is 0 Å². The zero-order chi connectivity index (χ0) is 27.0. The molecule has 4 fully saturated rings. The van der Waals surface area contributed by atoms with Crippen LogP contribution in [-0.2, 0) is 19.0 Å². The quantitative estimate of drug-likeness (QED) is 0.265. The van der Waals surface area contributed by atoms with Gasteiger partial charge in [-0.15, -0.1) is 0 Å². The first-order chi connectivity index (χ1) is 18.1. The molecule has 0 bridgehead atoms. The van der Waals surface area contributed by atoms with E-state index >= 15 is 0 Å². The summed E-state index contributed by atoms with van der Waals surface area (Å²) in [7, 11) is 0. The van der Waals surface area contributed by atoms with Gasteiger partial charge < -0.3 is 39.7 Å². The molecule has 1 saturated heterocycles. The van der Waals surface area contributed by atoms with Gasteiger partial charge in [-0.3, -0.25) is 0 Å². The first-order valence-corrected chi connectivity index (χ1v) is 14.3. The van der Waals surface area contributed by atoms with Crippen molar-refractivity contribution in [3.63, 3.8) is 0 Å². The number of aliphatic hydroxyl groups is 5. The smallest absolute Gasteiger partial charge is 0.331 e. The molecule has 0 aromatic carbocycles. The fourth-order valence-corrected chi connectivity index (χ4v) is 9.37. The summed E-state index contributed by atoms with van der Waals surface area (Å²) in [5.74, 6) is 1.16. The molecular formula is C29H42O9. The summed E-state index contributed by atoms with van der Waals surface area (Å²) in [4.78, 5) is 11.8. The molecule has 5 N–H and O–H groups in total. The van der Waals surface area contributed by atoms with Crippen molar-refractivity contribution in [2.45, 2.75) is 102 Å². The maximum Gasteiger partial charge on any atom is 0.331 e. The largest absolute Gasteiger partial charge is 0.458 e. The Morgan fingerprint density at radius 1 is 1.03 bits per heavy atom. The summed E-state index contributed by atoms with van der Waals surface area (Å²) in [6.45, 7) is 4.49. The van der Waals surface area contributed by atoms with Gasteiger partial charge in [-0.1, -0.05) is 19.9 Å². The summed E-state index contributed by atoms with van der Waals surface area (Å²) >= 11 is 0. The van der Waals surface area contributed by atoms with Gasteiger partial charge in [0.25, 0.3) is 0 Å². The third kappa shape index (κ3) is 4.04.